The summed E-state index contributed by atoms with van der Waals surface area (Å²) in [5.41, 5.74) is -1.60. The van der Waals surface area contributed by atoms with Crippen molar-refractivity contribution in [2.75, 3.05) is 10.6 Å². The molecule has 0 aliphatic carbocycles. The number of nitro benzene ring substituents is 1. The van der Waals surface area contributed by atoms with Crippen molar-refractivity contribution in [3.63, 3.8) is 0 Å². The Kier molecular flexibility index (Phi) is 5.76. The maximum Gasteiger partial charge on any atom is 0.417 e. The predicted molar refractivity (Wildman–Crippen MR) is 118 cm³/mol. The summed E-state index contributed by atoms with van der Waals surface area (Å²) in [5.74, 6) is -0.926. The number of non-ortho nitro benzene ring substituents is 1. The topological polar surface area (TPSA) is 114 Å². The molecule has 1 amide bonds. The SMILES string of the molecule is O=C(Nc1ccc(Nc2cc3cc([N+](=O)[O-])ccc3oc2=O)cc1)c1ccccc1C(F)(F)F. The lowest BCUT2D eigenvalue weighted by molar-refractivity contribution is -0.384. The molecule has 2 N–H and O–H groups in total. The quantitative estimate of drug-likeness (QED) is 0.220. The van der Waals surface area contributed by atoms with Gasteiger partial charge in [0.2, 0.25) is 0 Å². The number of alkyl halides is 3. The number of fused-ring (bicyclic) bond motifs is 1. The Labute approximate surface area is 188 Å². The van der Waals surface area contributed by atoms with E-state index in [0.717, 1.165) is 12.1 Å². The summed E-state index contributed by atoms with van der Waals surface area (Å²) < 4.78 is 44.6. The van der Waals surface area contributed by atoms with Crippen LogP contribution in [0.15, 0.2) is 82.0 Å². The van der Waals surface area contributed by atoms with Crippen LogP contribution in [0, 0.1) is 10.1 Å². The summed E-state index contributed by atoms with van der Waals surface area (Å²) in [6.45, 7) is 0. The van der Waals surface area contributed by atoms with Crippen molar-refractivity contribution < 1.29 is 27.3 Å². The third-order valence-electron chi connectivity index (χ3n) is 4.83. The van der Waals surface area contributed by atoms with Gasteiger partial charge >= 0.3 is 11.8 Å². The smallest absolute Gasteiger partial charge is 0.417 e. The van der Waals surface area contributed by atoms with Gasteiger partial charge < -0.3 is 15.1 Å². The molecule has 3 aromatic carbocycles. The Morgan fingerprint density at radius 3 is 2.29 bits per heavy atom. The van der Waals surface area contributed by atoms with Crippen molar-refractivity contribution in [3.05, 3.63) is 104 Å². The van der Waals surface area contributed by atoms with Crippen molar-refractivity contribution >= 4 is 39.6 Å². The molecule has 0 saturated heterocycles. The monoisotopic (exact) mass is 469 g/mol. The highest BCUT2D eigenvalue weighted by Crippen LogP contribution is 2.32. The van der Waals surface area contributed by atoms with Gasteiger partial charge in [-0.2, -0.15) is 13.2 Å². The van der Waals surface area contributed by atoms with Gasteiger partial charge in [-0.1, -0.05) is 12.1 Å². The maximum absolute atomic E-state index is 13.1. The van der Waals surface area contributed by atoms with Crippen LogP contribution in [0.25, 0.3) is 11.0 Å². The first kappa shape index (κ1) is 22.5. The molecule has 0 radical (unpaired) electrons. The van der Waals surface area contributed by atoms with Crippen LogP contribution in [-0.4, -0.2) is 10.8 Å². The molecule has 8 nitrogen and oxygen atoms in total. The second kappa shape index (κ2) is 8.70. The normalized spacial score (nSPS) is 11.3. The van der Waals surface area contributed by atoms with Crippen molar-refractivity contribution in [1.82, 2.24) is 0 Å². The zero-order chi connectivity index (χ0) is 24.5. The number of hydrogen-bond donors (Lipinski definition) is 2. The lowest BCUT2D eigenvalue weighted by Gasteiger charge is -2.13. The molecule has 34 heavy (non-hydrogen) atoms. The minimum absolute atomic E-state index is 0.0175. The van der Waals surface area contributed by atoms with Gasteiger partial charge in [0.15, 0.2) is 0 Å². The van der Waals surface area contributed by atoms with E-state index in [9.17, 15) is 32.9 Å². The Bertz CT molecular complexity index is 1460. The standard InChI is InChI=1S/C23H14F3N3O5/c24-23(25,26)18-4-2-1-3-17(18)21(30)28-15-7-5-14(6-8-15)27-19-12-13-11-16(29(32)33)9-10-20(13)34-22(19)31/h1-12,27H,(H,28,30). The molecule has 0 spiro atoms. The lowest BCUT2D eigenvalue weighted by atomic mass is 10.1. The van der Waals surface area contributed by atoms with Gasteiger partial charge in [0.05, 0.1) is 16.1 Å². The highest BCUT2D eigenvalue weighted by atomic mass is 19.4. The maximum atomic E-state index is 13.1. The second-order valence-electron chi connectivity index (χ2n) is 7.13. The molecule has 0 bridgehead atoms. The summed E-state index contributed by atoms with van der Waals surface area (Å²) in [6.07, 6.45) is -4.68. The minimum atomic E-state index is -4.68. The van der Waals surface area contributed by atoms with Gasteiger partial charge in [0, 0.05) is 28.9 Å². The number of carbonyl (C=O) groups is 1. The molecule has 0 aliphatic heterocycles. The van der Waals surface area contributed by atoms with Crippen LogP contribution >= 0.6 is 0 Å². The largest absolute Gasteiger partial charge is 0.421 e. The molecule has 0 atom stereocenters. The zero-order valence-electron chi connectivity index (χ0n) is 17.1. The molecule has 1 heterocycles. The van der Waals surface area contributed by atoms with Gasteiger partial charge in [0.1, 0.15) is 11.3 Å². The molecule has 172 valence electrons. The second-order valence-corrected chi connectivity index (χ2v) is 7.13. The molecule has 4 rings (SSSR count). The third-order valence-corrected chi connectivity index (χ3v) is 4.83. The van der Waals surface area contributed by atoms with Crippen LogP contribution in [0.3, 0.4) is 0 Å². The highest BCUT2D eigenvalue weighted by Gasteiger charge is 2.34. The van der Waals surface area contributed by atoms with Crippen LogP contribution in [-0.2, 0) is 6.18 Å². The van der Waals surface area contributed by atoms with Crippen LogP contribution in [0.1, 0.15) is 15.9 Å². The van der Waals surface area contributed by atoms with Gasteiger partial charge in [-0.15, -0.1) is 0 Å². The highest BCUT2D eigenvalue weighted by molar-refractivity contribution is 6.05. The van der Waals surface area contributed by atoms with Crippen LogP contribution in [0.4, 0.5) is 35.9 Å². The first-order valence-corrected chi connectivity index (χ1v) is 9.69. The van der Waals surface area contributed by atoms with Crippen molar-refractivity contribution in [2.45, 2.75) is 6.18 Å². The molecular weight excluding hydrogens is 455 g/mol. The Hall–Kier alpha value is -4.67. The van der Waals surface area contributed by atoms with Crippen molar-refractivity contribution in [1.29, 1.82) is 0 Å². The number of nitro groups is 1. The number of amides is 1. The molecule has 0 unspecified atom stereocenters. The van der Waals surface area contributed by atoms with Crippen LogP contribution < -0.4 is 16.3 Å². The molecule has 0 fully saturated rings. The van der Waals surface area contributed by atoms with E-state index in [1.165, 1.54) is 60.7 Å². The first-order chi connectivity index (χ1) is 16.1. The van der Waals surface area contributed by atoms with E-state index in [-0.39, 0.29) is 22.6 Å². The van der Waals surface area contributed by atoms with Crippen molar-refractivity contribution in [3.8, 4) is 0 Å². The van der Waals surface area contributed by atoms with E-state index in [1.807, 2.05) is 0 Å². The number of halogens is 3. The molecule has 0 saturated carbocycles. The van der Waals surface area contributed by atoms with Crippen molar-refractivity contribution in [2.24, 2.45) is 0 Å². The number of nitrogens with one attached hydrogen (secondary N) is 2. The number of nitrogens with zero attached hydrogens (tertiary/aromatic N) is 1. The third kappa shape index (κ3) is 4.72. The van der Waals surface area contributed by atoms with Gasteiger partial charge in [0.25, 0.3) is 11.6 Å². The van der Waals surface area contributed by atoms with Crippen LogP contribution in [0.2, 0.25) is 0 Å². The number of carbonyl (C=O) groups excluding carboxylic acids is 1. The summed E-state index contributed by atoms with van der Waals surface area (Å²) >= 11 is 0. The van der Waals surface area contributed by atoms with E-state index in [1.54, 1.807) is 0 Å². The molecule has 4 aromatic rings. The van der Waals surface area contributed by atoms with Gasteiger partial charge in [-0.25, -0.2) is 4.79 Å². The lowest BCUT2D eigenvalue weighted by Crippen LogP contribution is -2.18. The molecular formula is C23H14F3N3O5. The number of rotatable bonds is 5. The molecule has 11 heteroatoms. The zero-order valence-corrected chi connectivity index (χ0v) is 17.1. The number of benzene rings is 3. The van der Waals surface area contributed by atoms with E-state index in [2.05, 4.69) is 10.6 Å². The minimum Gasteiger partial charge on any atom is -0.421 e. The number of hydrogen-bond acceptors (Lipinski definition) is 6. The average molecular weight is 469 g/mol. The van der Waals surface area contributed by atoms with Gasteiger partial charge in [-0.3, -0.25) is 14.9 Å². The number of anilines is 3. The summed E-state index contributed by atoms with van der Waals surface area (Å²) in [7, 11) is 0. The van der Waals surface area contributed by atoms with E-state index in [4.69, 9.17) is 4.42 Å². The average Bonchev–Trinajstić information content (AvgIpc) is 2.80. The summed E-state index contributed by atoms with van der Waals surface area (Å²) in [4.78, 5) is 35.0. The van der Waals surface area contributed by atoms with E-state index in [0.29, 0.717) is 11.1 Å². The predicted octanol–water partition coefficient (Wildman–Crippen LogP) is 5.72. The van der Waals surface area contributed by atoms with Gasteiger partial charge in [-0.05, 0) is 48.5 Å². The van der Waals surface area contributed by atoms with E-state index < -0.39 is 33.8 Å². The van der Waals surface area contributed by atoms with Crippen LogP contribution in [0.5, 0.6) is 0 Å². The molecule has 1 aromatic heterocycles. The Balaban J connectivity index is 1.53. The fourth-order valence-corrected chi connectivity index (χ4v) is 3.23. The fourth-order valence-electron chi connectivity index (χ4n) is 3.23. The Morgan fingerprint density at radius 1 is 0.941 bits per heavy atom. The first-order valence-electron chi connectivity index (χ1n) is 9.69. The molecule has 0 aliphatic rings. The Morgan fingerprint density at radius 2 is 1.62 bits per heavy atom. The summed E-state index contributed by atoms with van der Waals surface area (Å²) in [5, 5.41) is 16.5. The fraction of sp³-hybridized carbons (Fsp3) is 0.0435. The van der Waals surface area contributed by atoms with E-state index >= 15 is 0 Å². The summed E-state index contributed by atoms with van der Waals surface area (Å²) in [6, 6.07) is 15.5.